The van der Waals surface area contributed by atoms with Crippen LogP contribution in [0.5, 0.6) is 0 Å². The summed E-state index contributed by atoms with van der Waals surface area (Å²) < 4.78 is 18.7. The fourth-order valence-electron chi connectivity index (χ4n) is 1.60. The van der Waals surface area contributed by atoms with Crippen LogP contribution in [0.25, 0.3) is 22.6 Å². The van der Waals surface area contributed by atoms with E-state index in [2.05, 4.69) is 31.1 Å². The molecule has 3 aromatic rings. The molecule has 0 spiro atoms. The number of rotatable bonds is 1. The fraction of sp³-hybridized carbons (Fsp3) is 0.0909. The molecule has 0 aliphatic heterocycles. The minimum absolute atomic E-state index is 0.330. The number of aromatic amines is 1. The molecule has 3 rings (SSSR count). The Hall–Kier alpha value is -1.69. The molecular formula is C11H7BrFN3O. The Morgan fingerprint density at radius 2 is 2.18 bits per heavy atom. The maximum atomic E-state index is 13.3. The first kappa shape index (κ1) is 10.5. The van der Waals surface area contributed by atoms with Gasteiger partial charge in [0.05, 0.1) is 15.5 Å². The molecule has 0 aliphatic carbocycles. The van der Waals surface area contributed by atoms with E-state index in [1.165, 1.54) is 6.07 Å². The molecule has 0 radical (unpaired) electrons. The van der Waals surface area contributed by atoms with E-state index in [1.807, 2.05) is 0 Å². The topological polar surface area (TPSA) is 54.7 Å². The second kappa shape index (κ2) is 3.66. The number of fused-ring (bicyclic) bond motifs is 1. The summed E-state index contributed by atoms with van der Waals surface area (Å²) in [6.07, 6.45) is 0. The van der Waals surface area contributed by atoms with Crippen LogP contribution in [0.3, 0.4) is 0 Å². The van der Waals surface area contributed by atoms with Gasteiger partial charge in [0.2, 0.25) is 0 Å². The number of H-pyrrole nitrogens is 1. The first-order valence-electron chi connectivity index (χ1n) is 4.92. The number of imidazole rings is 1. The second-order valence-corrected chi connectivity index (χ2v) is 4.55. The van der Waals surface area contributed by atoms with Crippen LogP contribution in [0.4, 0.5) is 4.39 Å². The first-order valence-corrected chi connectivity index (χ1v) is 5.71. The third-order valence-corrected chi connectivity index (χ3v) is 3.00. The normalized spacial score (nSPS) is 11.2. The molecule has 2 heterocycles. The molecule has 1 aromatic carbocycles. The van der Waals surface area contributed by atoms with Gasteiger partial charge in [0.25, 0.3) is 0 Å². The lowest BCUT2D eigenvalue weighted by molar-refractivity contribution is 0.399. The minimum Gasteiger partial charge on any atom is -0.361 e. The van der Waals surface area contributed by atoms with Gasteiger partial charge in [0.15, 0.2) is 5.82 Å². The SMILES string of the molecule is Cc1cc(-c2nc3cc(Br)c(F)cc3[nH]2)no1. The maximum Gasteiger partial charge on any atom is 0.160 e. The smallest absolute Gasteiger partial charge is 0.160 e. The summed E-state index contributed by atoms with van der Waals surface area (Å²) in [4.78, 5) is 7.32. The molecule has 0 aliphatic rings. The summed E-state index contributed by atoms with van der Waals surface area (Å²) in [5.41, 5.74) is 1.91. The molecule has 4 nitrogen and oxygen atoms in total. The maximum absolute atomic E-state index is 13.3. The number of nitrogens with one attached hydrogen (secondary N) is 1. The van der Waals surface area contributed by atoms with Crippen molar-refractivity contribution in [1.82, 2.24) is 15.1 Å². The van der Waals surface area contributed by atoms with Crippen LogP contribution in [0, 0.1) is 12.7 Å². The van der Waals surface area contributed by atoms with Crippen molar-refractivity contribution in [3.8, 4) is 11.5 Å². The molecule has 0 saturated heterocycles. The van der Waals surface area contributed by atoms with E-state index < -0.39 is 0 Å². The Morgan fingerprint density at radius 1 is 1.35 bits per heavy atom. The molecule has 0 atom stereocenters. The number of hydrogen-bond acceptors (Lipinski definition) is 3. The molecular weight excluding hydrogens is 289 g/mol. The highest BCUT2D eigenvalue weighted by Crippen LogP contribution is 2.25. The second-order valence-electron chi connectivity index (χ2n) is 3.69. The van der Waals surface area contributed by atoms with Gasteiger partial charge in [-0.15, -0.1) is 0 Å². The Balaban J connectivity index is 2.19. The predicted molar refractivity (Wildman–Crippen MR) is 64.0 cm³/mol. The lowest BCUT2D eigenvalue weighted by Crippen LogP contribution is -1.78. The summed E-state index contributed by atoms with van der Waals surface area (Å²) in [6.45, 7) is 1.80. The quantitative estimate of drug-likeness (QED) is 0.748. The van der Waals surface area contributed by atoms with Crippen molar-refractivity contribution in [2.45, 2.75) is 6.92 Å². The van der Waals surface area contributed by atoms with Crippen molar-refractivity contribution >= 4 is 27.0 Å². The predicted octanol–water partition coefficient (Wildman–Crippen LogP) is 3.43. The lowest BCUT2D eigenvalue weighted by atomic mass is 10.3. The highest BCUT2D eigenvalue weighted by atomic mass is 79.9. The molecule has 86 valence electrons. The minimum atomic E-state index is -0.330. The van der Waals surface area contributed by atoms with Crippen LogP contribution in [-0.2, 0) is 0 Å². The van der Waals surface area contributed by atoms with Crippen LogP contribution in [0.2, 0.25) is 0 Å². The summed E-state index contributed by atoms with van der Waals surface area (Å²) in [5.74, 6) is 0.936. The number of halogens is 2. The summed E-state index contributed by atoms with van der Waals surface area (Å²) in [7, 11) is 0. The highest BCUT2D eigenvalue weighted by Gasteiger charge is 2.11. The van der Waals surface area contributed by atoms with Crippen molar-refractivity contribution in [3.63, 3.8) is 0 Å². The van der Waals surface area contributed by atoms with Crippen molar-refractivity contribution < 1.29 is 8.91 Å². The largest absolute Gasteiger partial charge is 0.361 e. The molecule has 0 saturated carbocycles. The van der Waals surface area contributed by atoms with Gasteiger partial charge in [-0.3, -0.25) is 0 Å². The standard InChI is InChI=1S/C11H7BrFN3O/c1-5-2-10(16-17-5)11-14-8-3-6(12)7(13)4-9(8)15-11/h2-4H,1H3,(H,14,15). The van der Waals surface area contributed by atoms with Gasteiger partial charge >= 0.3 is 0 Å². The number of aryl methyl sites for hydroxylation is 1. The first-order chi connectivity index (χ1) is 8.13. The Bertz CT molecular complexity index is 665. The van der Waals surface area contributed by atoms with Gasteiger partial charge in [-0.2, -0.15) is 0 Å². The summed E-state index contributed by atoms with van der Waals surface area (Å²) in [5, 5.41) is 3.85. The Morgan fingerprint density at radius 3 is 2.88 bits per heavy atom. The number of nitrogens with zero attached hydrogens (tertiary/aromatic N) is 2. The zero-order valence-corrected chi connectivity index (χ0v) is 10.4. The van der Waals surface area contributed by atoms with E-state index >= 15 is 0 Å². The fourth-order valence-corrected chi connectivity index (χ4v) is 1.94. The van der Waals surface area contributed by atoms with E-state index in [0.717, 1.165) is 0 Å². The van der Waals surface area contributed by atoms with Gasteiger partial charge in [-0.1, -0.05) is 5.16 Å². The Labute approximate surface area is 104 Å². The van der Waals surface area contributed by atoms with Gasteiger partial charge < -0.3 is 9.51 Å². The highest BCUT2D eigenvalue weighted by molar-refractivity contribution is 9.10. The zero-order valence-electron chi connectivity index (χ0n) is 8.79. The monoisotopic (exact) mass is 295 g/mol. The van der Waals surface area contributed by atoms with E-state index in [1.54, 1.807) is 19.1 Å². The average molecular weight is 296 g/mol. The van der Waals surface area contributed by atoms with Crippen LogP contribution in [0.15, 0.2) is 27.2 Å². The molecule has 0 amide bonds. The number of benzene rings is 1. The molecule has 6 heteroatoms. The average Bonchev–Trinajstić information content (AvgIpc) is 2.85. The van der Waals surface area contributed by atoms with Crippen LogP contribution in [-0.4, -0.2) is 15.1 Å². The van der Waals surface area contributed by atoms with Crippen LogP contribution < -0.4 is 0 Å². The van der Waals surface area contributed by atoms with Gasteiger partial charge in [-0.25, -0.2) is 9.37 Å². The molecule has 0 unspecified atom stereocenters. The Kier molecular flexibility index (Phi) is 2.25. The van der Waals surface area contributed by atoms with Crippen LogP contribution >= 0.6 is 15.9 Å². The zero-order chi connectivity index (χ0) is 12.0. The molecule has 0 fully saturated rings. The van der Waals surface area contributed by atoms with Crippen LogP contribution in [0.1, 0.15) is 5.76 Å². The summed E-state index contributed by atoms with van der Waals surface area (Å²) >= 11 is 3.12. The van der Waals surface area contributed by atoms with Crippen molar-refractivity contribution in [3.05, 3.63) is 34.2 Å². The molecule has 2 aromatic heterocycles. The third kappa shape index (κ3) is 1.74. The van der Waals surface area contributed by atoms with Crippen molar-refractivity contribution in [2.24, 2.45) is 0 Å². The van der Waals surface area contributed by atoms with E-state index in [9.17, 15) is 4.39 Å². The number of aromatic nitrogens is 3. The number of hydrogen-bond donors (Lipinski definition) is 1. The van der Waals surface area contributed by atoms with Gasteiger partial charge in [-0.05, 0) is 28.9 Å². The van der Waals surface area contributed by atoms with Crippen molar-refractivity contribution in [1.29, 1.82) is 0 Å². The third-order valence-electron chi connectivity index (χ3n) is 2.39. The summed E-state index contributed by atoms with van der Waals surface area (Å²) in [6, 6.07) is 4.78. The van der Waals surface area contributed by atoms with Gasteiger partial charge in [0.1, 0.15) is 17.3 Å². The molecule has 1 N–H and O–H groups in total. The molecule has 17 heavy (non-hydrogen) atoms. The van der Waals surface area contributed by atoms with E-state index in [-0.39, 0.29) is 5.82 Å². The van der Waals surface area contributed by atoms with Gasteiger partial charge in [0, 0.05) is 12.1 Å². The lowest BCUT2D eigenvalue weighted by Gasteiger charge is -1.92. The molecule has 0 bridgehead atoms. The van der Waals surface area contributed by atoms with E-state index in [4.69, 9.17) is 4.52 Å². The van der Waals surface area contributed by atoms with Crippen molar-refractivity contribution in [2.75, 3.05) is 0 Å². The van der Waals surface area contributed by atoms with E-state index in [0.29, 0.717) is 32.8 Å².